The number of methoxy groups -OCH3 is 1. The van der Waals surface area contributed by atoms with Crippen LogP contribution in [0.5, 0.6) is 5.75 Å². The molecule has 0 radical (unpaired) electrons. The first-order valence-electron chi connectivity index (χ1n) is 10.2. The molecule has 1 unspecified atom stereocenters. The third-order valence-corrected chi connectivity index (χ3v) is 6.60. The Kier molecular flexibility index (Phi) is 5.82. The highest BCUT2D eigenvalue weighted by Crippen LogP contribution is 2.40. The standard InChI is InChI=1S/C23H24N2O5S/c1-4-29-16-7-5-6-13-11-15(20(24)30-19(13)16)21(26)25-22-18(23(27)28-3)14-9-8-12(2)10-17(14)31-22/h5-7,11-12,24H,4,8-10H2,1-3H3,(H,25,26). The van der Waals surface area contributed by atoms with Crippen molar-refractivity contribution in [1.82, 2.24) is 0 Å². The number of hydrogen-bond acceptors (Lipinski definition) is 7. The van der Waals surface area contributed by atoms with E-state index in [2.05, 4.69) is 12.2 Å². The Hall–Kier alpha value is -3.13. The largest absolute Gasteiger partial charge is 0.490 e. The maximum Gasteiger partial charge on any atom is 0.341 e. The summed E-state index contributed by atoms with van der Waals surface area (Å²) in [6.45, 7) is 4.50. The Labute approximate surface area is 183 Å². The third-order valence-electron chi connectivity index (χ3n) is 5.43. The SMILES string of the molecule is CCOc1cccc2cc(C(=O)Nc3sc4c(c3C(=O)OC)CCC(C)C4)c(=N)oc12. The summed E-state index contributed by atoms with van der Waals surface area (Å²) in [5, 5.41) is 12.2. The van der Waals surface area contributed by atoms with Crippen LogP contribution in [0.4, 0.5) is 5.00 Å². The normalized spacial score (nSPS) is 15.4. The van der Waals surface area contributed by atoms with E-state index in [1.54, 1.807) is 24.3 Å². The van der Waals surface area contributed by atoms with Crippen LogP contribution in [0.15, 0.2) is 28.7 Å². The molecule has 0 spiro atoms. The van der Waals surface area contributed by atoms with E-state index in [0.29, 0.717) is 39.8 Å². The molecule has 2 aromatic heterocycles. The van der Waals surface area contributed by atoms with Crippen LogP contribution < -0.4 is 15.6 Å². The minimum absolute atomic E-state index is 0.0803. The molecule has 0 fully saturated rings. The monoisotopic (exact) mass is 440 g/mol. The van der Waals surface area contributed by atoms with Gasteiger partial charge in [0.25, 0.3) is 5.91 Å². The van der Waals surface area contributed by atoms with E-state index in [4.69, 9.17) is 19.3 Å². The van der Waals surface area contributed by atoms with Crippen molar-refractivity contribution in [2.75, 3.05) is 19.0 Å². The van der Waals surface area contributed by atoms with E-state index in [9.17, 15) is 9.59 Å². The third kappa shape index (κ3) is 3.95. The Morgan fingerprint density at radius 2 is 2.16 bits per heavy atom. The molecule has 1 atom stereocenters. The number of carbonyl (C=O) groups excluding carboxylic acids is 2. The minimum atomic E-state index is -0.505. The molecule has 4 rings (SSSR count). The molecule has 0 saturated carbocycles. The average molecular weight is 441 g/mol. The zero-order valence-electron chi connectivity index (χ0n) is 17.7. The van der Waals surface area contributed by atoms with Crippen molar-refractivity contribution in [3.05, 3.63) is 51.4 Å². The van der Waals surface area contributed by atoms with Gasteiger partial charge in [0.05, 0.1) is 19.3 Å². The lowest BCUT2D eigenvalue weighted by molar-refractivity contribution is 0.0601. The summed E-state index contributed by atoms with van der Waals surface area (Å²) in [5.74, 6) is 0.0830. The van der Waals surface area contributed by atoms with Crippen LogP contribution in [0.2, 0.25) is 0 Å². The van der Waals surface area contributed by atoms with Crippen molar-refractivity contribution >= 4 is 39.2 Å². The Bertz CT molecular complexity index is 1230. The number of nitrogens with one attached hydrogen (secondary N) is 2. The molecule has 0 saturated heterocycles. The number of ether oxygens (including phenoxy) is 2. The van der Waals surface area contributed by atoms with Crippen molar-refractivity contribution in [3.63, 3.8) is 0 Å². The smallest absolute Gasteiger partial charge is 0.341 e. The minimum Gasteiger partial charge on any atom is -0.490 e. The number of benzene rings is 1. The summed E-state index contributed by atoms with van der Waals surface area (Å²) in [6, 6.07) is 6.96. The summed E-state index contributed by atoms with van der Waals surface area (Å²) in [6.07, 6.45) is 2.64. The van der Waals surface area contributed by atoms with Crippen LogP contribution >= 0.6 is 11.3 Å². The lowest BCUT2D eigenvalue weighted by Gasteiger charge is -2.18. The first-order chi connectivity index (χ1) is 14.9. The summed E-state index contributed by atoms with van der Waals surface area (Å²) < 4.78 is 16.2. The van der Waals surface area contributed by atoms with E-state index in [1.807, 2.05) is 6.92 Å². The van der Waals surface area contributed by atoms with Gasteiger partial charge in [-0.15, -0.1) is 11.3 Å². The quantitative estimate of drug-likeness (QED) is 0.567. The lowest BCUT2D eigenvalue weighted by Crippen LogP contribution is -2.21. The Balaban J connectivity index is 1.72. The maximum absolute atomic E-state index is 13.1. The number of para-hydroxylation sites is 1. The molecule has 2 N–H and O–H groups in total. The van der Waals surface area contributed by atoms with E-state index < -0.39 is 11.9 Å². The number of carbonyl (C=O) groups is 2. The number of fused-ring (bicyclic) bond motifs is 2. The van der Waals surface area contributed by atoms with Crippen LogP contribution in [-0.4, -0.2) is 25.6 Å². The van der Waals surface area contributed by atoms with Gasteiger partial charge in [-0.2, -0.15) is 0 Å². The molecule has 8 heteroatoms. The second-order valence-corrected chi connectivity index (χ2v) is 8.70. The highest BCUT2D eigenvalue weighted by atomic mass is 32.1. The highest BCUT2D eigenvalue weighted by Gasteiger charge is 2.29. The zero-order chi connectivity index (χ0) is 22.1. The van der Waals surface area contributed by atoms with Crippen molar-refractivity contribution in [1.29, 1.82) is 5.41 Å². The highest BCUT2D eigenvalue weighted by molar-refractivity contribution is 7.17. The van der Waals surface area contributed by atoms with Gasteiger partial charge in [-0.25, -0.2) is 4.79 Å². The predicted octanol–water partition coefficient (Wildman–Crippen LogP) is 4.54. The van der Waals surface area contributed by atoms with E-state index >= 15 is 0 Å². The van der Waals surface area contributed by atoms with Gasteiger partial charge in [0, 0.05) is 10.3 Å². The molecule has 162 valence electrons. The summed E-state index contributed by atoms with van der Waals surface area (Å²) in [5.41, 5.74) is 1.61. The molecule has 0 aliphatic heterocycles. The molecule has 3 aromatic rings. The van der Waals surface area contributed by atoms with Gasteiger partial charge in [-0.3, -0.25) is 10.2 Å². The average Bonchev–Trinajstić information content (AvgIpc) is 3.10. The molecule has 1 amide bonds. The van der Waals surface area contributed by atoms with Gasteiger partial charge >= 0.3 is 5.97 Å². The fourth-order valence-electron chi connectivity index (χ4n) is 3.90. The maximum atomic E-state index is 13.1. The first-order valence-corrected chi connectivity index (χ1v) is 11.0. The molecular weight excluding hydrogens is 416 g/mol. The molecular formula is C23H24N2O5S. The van der Waals surface area contributed by atoms with Crippen LogP contribution in [0, 0.1) is 11.3 Å². The van der Waals surface area contributed by atoms with Crippen LogP contribution in [0.3, 0.4) is 0 Å². The summed E-state index contributed by atoms with van der Waals surface area (Å²) in [4.78, 5) is 26.6. The molecule has 2 heterocycles. The van der Waals surface area contributed by atoms with Gasteiger partial charge < -0.3 is 19.2 Å². The topological polar surface area (TPSA) is 102 Å². The number of anilines is 1. The lowest BCUT2D eigenvalue weighted by atomic mass is 9.88. The predicted molar refractivity (Wildman–Crippen MR) is 118 cm³/mol. The molecule has 31 heavy (non-hydrogen) atoms. The number of thiophene rings is 1. The molecule has 1 aromatic carbocycles. The number of esters is 1. The van der Waals surface area contributed by atoms with Gasteiger partial charge in [0.15, 0.2) is 11.3 Å². The van der Waals surface area contributed by atoms with Gasteiger partial charge in [-0.05, 0) is 49.8 Å². The fraction of sp³-hybridized carbons (Fsp3) is 0.348. The van der Waals surface area contributed by atoms with Crippen LogP contribution in [-0.2, 0) is 17.6 Å². The van der Waals surface area contributed by atoms with E-state index in [-0.39, 0.29) is 11.1 Å². The molecule has 1 aliphatic carbocycles. The number of amides is 1. The number of hydrogen-bond donors (Lipinski definition) is 2. The van der Waals surface area contributed by atoms with E-state index in [0.717, 1.165) is 29.7 Å². The van der Waals surface area contributed by atoms with Crippen molar-refractivity contribution in [2.24, 2.45) is 5.92 Å². The second-order valence-electron chi connectivity index (χ2n) is 7.60. The van der Waals surface area contributed by atoms with Crippen molar-refractivity contribution in [3.8, 4) is 5.75 Å². The van der Waals surface area contributed by atoms with Gasteiger partial charge in [0.2, 0.25) is 5.55 Å². The van der Waals surface area contributed by atoms with Gasteiger partial charge in [0.1, 0.15) is 10.6 Å². The van der Waals surface area contributed by atoms with Crippen LogP contribution in [0.25, 0.3) is 11.0 Å². The van der Waals surface area contributed by atoms with Crippen molar-refractivity contribution < 1.29 is 23.5 Å². The zero-order valence-corrected chi connectivity index (χ0v) is 18.5. The van der Waals surface area contributed by atoms with Gasteiger partial charge in [-0.1, -0.05) is 19.1 Å². The Morgan fingerprint density at radius 3 is 2.90 bits per heavy atom. The number of rotatable bonds is 5. The summed E-state index contributed by atoms with van der Waals surface area (Å²) in [7, 11) is 1.34. The second kappa shape index (κ2) is 8.55. The van der Waals surface area contributed by atoms with Crippen LogP contribution in [0.1, 0.15) is 51.4 Å². The van der Waals surface area contributed by atoms with Crippen molar-refractivity contribution in [2.45, 2.75) is 33.1 Å². The molecule has 1 aliphatic rings. The molecule has 7 nitrogen and oxygen atoms in total. The Morgan fingerprint density at radius 1 is 1.35 bits per heavy atom. The van der Waals surface area contributed by atoms with E-state index in [1.165, 1.54) is 18.4 Å². The fourth-order valence-corrected chi connectivity index (χ4v) is 5.29. The molecule has 0 bridgehead atoms. The first kappa shape index (κ1) is 21.1. The summed E-state index contributed by atoms with van der Waals surface area (Å²) >= 11 is 1.41.